The molecule has 0 saturated heterocycles. The average Bonchev–Trinajstić information content (AvgIpc) is 3.57. The summed E-state index contributed by atoms with van der Waals surface area (Å²) in [7, 11) is 0. The van der Waals surface area contributed by atoms with Crippen molar-refractivity contribution < 1.29 is 25.8 Å². The minimum absolute atomic E-state index is 0. The van der Waals surface area contributed by atoms with Crippen molar-refractivity contribution in [3.63, 3.8) is 0 Å². The van der Waals surface area contributed by atoms with Crippen molar-refractivity contribution in [2.45, 2.75) is 87.0 Å². The van der Waals surface area contributed by atoms with Gasteiger partial charge in [-0.3, -0.25) is 4.68 Å². The van der Waals surface area contributed by atoms with Gasteiger partial charge < -0.3 is 9.30 Å². The summed E-state index contributed by atoms with van der Waals surface area (Å²) >= 11 is 0. The minimum atomic E-state index is 0. The van der Waals surface area contributed by atoms with Crippen LogP contribution in [-0.2, 0) is 27.5 Å². The Labute approximate surface area is 312 Å². The SMILES string of the molecule is CCc1ccnc(-n2c3[c-]c(Oc4[c-]c(-n5nc(C)c(C6C(C)=C[C@H](C(C)C)C[C@@H]6C)c5C)cc(C(C)C)c4)ccc3c3ccccc32)c1.[Pt+2]. The first-order valence-corrected chi connectivity index (χ1v) is 17.9. The Morgan fingerprint density at radius 1 is 0.920 bits per heavy atom. The zero-order chi connectivity index (χ0) is 34.6. The van der Waals surface area contributed by atoms with Crippen molar-refractivity contribution in [2.75, 3.05) is 0 Å². The summed E-state index contributed by atoms with van der Waals surface area (Å²) in [6.45, 7) is 20.4. The fraction of sp³-hybridized carbons (Fsp3) is 0.364. The van der Waals surface area contributed by atoms with Crippen LogP contribution in [-0.4, -0.2) is 19.3 Å². The van der Waals surface area contributed by atoms with Crippen molar-refractivity contribution in [1.29, 1.82) is 0 Å². The molecule has 3 heterocycles. The molecular formula is C44H48N4OPt. The average molecular weight is 844 g/mol. The number of hydrogen-bond donors (Lipinski definition) is 0. The van der Waals surface area contributed by atoms with Crippen LogP contribution in [0.5, 0.6) is 11.5 Å². The molecule has 1 aliphatic rings. The molecular weight excluding hydrogens is 796 g/mol. The Bertz CT molecular complexity index is 2200. The molecule has 3 aromatic heterocycles. The van der Waals surface area contributed by atoms with Crippen molar-refractivity contribution in [3.8, 4) is 23.0 Å². The first-order chi connectivity index (χ1) is 23.5. The molecule has 0 bridgehead atoms. The van der Waals surface area contributed by atoms with Gasteiger partial charge in [-0.25, -0.2) is 4.98 Å². The van der Waals surface area contributed by atoms with Gasteiger partial charge in [0.1, 0.15) is 5.82 Å². The monoisotopic (exact) mass is 843 g/mol. The summed E-state index contributed by atoms with van der Waals surface area (Å²) in [6.07, 6.45) is 6.56. The van der Waals surface area contributed by atoms with E-state index in [1.807, 2.05) is 12.3 Å². The molecule has 260 valence electrons. The van der Waals surface area contributed by atoms with E-state index in [0.717, 1.165) is 45.4 Å². The molecule has 5 nitrogen and oxygen atoms in total. The van der Waals surface area contributed by atoms with Crippen molar-refractivity contribution in [2.24, 2.45) is 17.8 Å². The van der Waals surface area contributed by atoms with E-state index < -0.39 is 0 Å². The second-order valence-electron chi connectivity index (χ2n) is 14.7. The fourth-order valence-electron chi connectivity index (χ4n) is 7.98. The van der Waals surface area contributed by atoms with Gasteiger partial charge in [0, 0.05) is 40.4 Å². The summed E-state index contributed by atoms with van der Waals surface area (Å²) in [4.78, 5) is 4.77. The van der Waals surface area contributed by atoms with Gasteiger partial charge in [-0.1, -0.05) is 76.9 Å². The standard InChI is InChI=1S/C44H48N4O.Pt/c1-10-32-17-18-45-42(21-32)47-40-14-12-11-13-38(40)39-16-15-36(25-41(39)47)49-37-23-34(27(4)5)22-35(24-37)48-31(9)44(30(8)46-48)43-28(6)19-33(26(2)3)20-29(43)7;/h11-19,21-23,26-27,29,33,43H,10,20H2,1-9H3;/q-2;+2/t29-,33-,43?;/m0./s1. The van der Waals surface area contributed by atoms with Gasteiger partial charge in [-0.05, 0) is 92.1 Å². The number of aromatic nitrogens is 4. The molecule has 3 atom stereocenters. The van der Waals surface area contributed by atoms with E-state index in [4.69, 9.17) is 14.8 Å². The third kappa shape index (κ3) is 6.50. The van der Waals surface area contributed by atoms with Gasteiger partial charge in [-0.2, -0.15) is 11.2 Å². The molecule has 0 aliphatic heterocycles. The molecule has 0 fully saturated rings. The molecule has 7 rings (SSSR count). The van der Waals surface area contributed by atoms with Crippen LogP contribution in [0.15, 0.2) is 78.5 Å². The van der Waals surface area contributed by atoms with Crippen LogP contribution in [0.1, 0.15) is 94.8 Å². The number of aryl methyl sites for hydroxylation is 2. The second kappa shape index (κ2) is 14.3. The molecule has 6 aromatic rings. The van der Waals surface area contributed by atoms with E-state index in [1.54, 1.807) is 0 Å². The number of benzene rings is 3. The summed E-state index contributed by atoms with van der Waals surface area (Å²) in [5.74, 6) is 4.68. The Morgan fingerprint density at radius 3 is 2.42 bits per heavy atom. The Kier molecular flexibility index (Phi) is 10.3. The molecule has 3 aromatic carbocycles. The van der Waals surface area contributed by atoms with Crippen LogP contribution < -0.4 is 4.74 Å². The number of ether oxygens (including phenoxy) is 1. The molecule has 1 aliphatic carbocycles. The maximum Gasteiger partial charge on any atom is 2.00 e. The molecule has 0 N–H and O–H groups in total. The number of fused-ring (bicyclic) bond motifs is 3. The normalized spacial score (nSPS) is 17.8. The fourth-order valence-corrected chi connectivity index (χ4v) is 7.98. The molecule has 6 heteroatoms. The number of pyridine rings is 1. The Morgan fingerprint density at radius 2 is 1.70 bits per heavy atom. The van der Waals surface area contributed by atoms with E-state index in [0.29, 0.717) is 41.1 Å². The first kappa shape index (κ1) is 35.9. The number of hydrogen-bond acceptors (Lipinski definition) is 3. The summed E-state index contributed by atoms with van der Waals surface area (Å²) in [6, 6.07) is 28.4. The number of allylic oxidation sites excluding steroid dienone is 2. The van der Waals surface area contributed by atoms with E-state index >= 15 is 0 Å². The number of rotatable bonds is 8. The van der Waals surface area contributed by atoms with Gasteiger partial charge in [-0.15, -0.1) is 41.3 Å². The van der Waals surface area contributed by atoms with Crippen molar-refractivity contribution in [1.82, 2.24) is 19.3 Å². The van der Waals surface area contributed by atoms with Crippen LogP contribution in [0, 0.1) is 43.7 Å². The van der Waals surface area contributed by atoms with Crippen LogP contribution in [0.2, 0.25) is 0 Å². The Hall–Kier alpha value is -3.95. The zero-order valence-electron chi connectivity index (χ0n) is 30.7. The smallest absolute Gasteiger partial charge is 0.509 e. The van der Waals surface area contributed by atoms with Crippen molar-refractivity contribution in [3.05, 3.63) is 119 Å². The van der Waals surface area contributed by atoms with Crippen LogP contribution in [0.25, 0.3) is 33.3 Å². The molecule has 0 saturated carbocycles. The third-order valence-electron chi connectivity index (χ3n) is 10.7. The summed E-state index contributed by atoms with van der Waals surface area (Å²) < 4.78 is 10.9. The van der Waals surface area contributed by atoms with Gasteiger partial charge in [0.15, 0.2) is 0 Å². The third-order valence-corrected chi connectivity index (χ3v) is 10.7. The Balaban J connectivity index is 0.00000432. The number of para-hydroxylation sites is 1. The maximum absolute atomic E-state index is 6.64. The van der Waals surface area contributed by atoms with E-state index in [-0.39, 0.29) is 21.1 Å². The predicted octanol–water partition coefficient (Wildman–Crippen LogP) is 11.4. The molecule has 0 amide bonds. The maximum atomic E-state index is 6.64. The van der Waals surface area contributed by atoms with E-state index in [1.165, 1.54) is 34.4 Å². The van der Waals surface area contributed by atoms with Crippen molar-refractivity contribution >= 4 is 21.8 Å². The van der Waals surface area contributed by atoms with Gasteiger partial charge >= 0.3 is 21.1 Å². The first-order valence-electron chi connectivity index (χ1n) is 17.9. The van der Waals surface area contributed by atoms with Gasteiger partial charge in [0.05, 0.1) is 5.69 Å². The summed E-state index contributed by atoms with van der Waals surface area (Å²) in [5.41, 5.74) is 10.4. The largest absolute Gasteiger partial charge is 2.00 e. The topological polar surface area (TPSA) is 44.9 Å². The zero-order valence-corrected chi connectivity index (χ0v) is 33.0. The van der Waals surface area contributed by atoms with Crippen LogP contribution >= 0.6 is 0 Å². The quantitative estimate of drug-likeness (QED) is 0.113. The van der Waals surface area contributed by atoms with Gasteiger partial charge in [0.2, 0.25) is 0 Å². The molecule has 1 unspecified atom stereocenters. The predicted molar refractivity (Wildman–Crippen MR) is 201 cm³/mol. The minimum Gasteiger partial charge on any atom is -0.509 e. The molecule has 0 spiro atoms. The van der Waals surface area contributed by atoms with E-state index in [2.05, 4.69) is 144 Å². The summed E-state index contributed by atoms with van der Waals surface area (Å²) in [5, 5.41) is 7.41. The van der Waals surface area contributed by atoms with Crippen LogP contribution in [0.3, 0.4) is 0 Å². The van der Waals surface area contributed by atoms with Gasteiger partial charge in [0.25, 0.3) is 0 Å². The van der Waals surface area contributed by atoms with Crippen LogP contribution in [0.4, 0.5) is 0 Å². The molecule has 50 heavy (non-hydrogen) atoms. The molecule has 0 radical (unpaired) electrons. The number of nitrogens with zero attached hydrogens (tertiary/aromatic N) is 4. The second-order valence-corrected chi connectivity index (χ2v) is 14.7. The van der Waals surface area contributed by atoms with E-state index in [9.17, 15) is 0 Å².